The van der Waals surface area contributed by atoms with Gasteiger partial charge in [-0.15, -0.1) is 0 Å². The Morgan fingerprint density at radius 2 is 2.07 bits per heavy atom. The van der Waals surface area contributed by atoms with E-state index in [0.29, 0.717) is 6.73 Å². The number of hydrogen-bond acceptors (Lipinski definition) is 3. The van der Waals surface area contributed by atoms with Crippen molar-refractivity contribution >= 4 is 5.97 Å². The van der Waals surface area contributed by atoms with E-state index in [9.17, 15) is 4.79 Å². The molecule has 1 atom stereocenters. The minimum Gasteiger partial charge on any atom is -0.448 e. The number of esters is 1. The molecule has 72 valence electrons. The number of cyclic esters (lactones) is 1. The maximum absolute atomic E-state index is 11.4. The first kappa shape index (κ1) is 8.00. The molecule has 2 heterocycles. The summed E-state index contributed by atoms with van der Waals surface area (Å²) < 4.78 is 5.02. The molecule has 3 nitrogen and oxygen atoms in total. The second-order valence-corrected chi connectivity index (χ2v) is 3.83. The third-order valence-corrected chi connectivity index (χ3v) is 2.99. The summed E-state index contributed by atoms with van der Waals surface area (Å²) in [5.74, 6) is -0.0699. The van der Waals surface area contributed by atoms with Crippen molar-refractivity contribution in [3.05, 3.63) is 35.4 Å². The molecular formula is C11H11NO2. The molecule has 0 spiro atoms. The van der Waals surface area contributed by atoms with Crippen LogP contribution < -0.4 is 0 Å². The van der Waals surface area contributed by atoms with Gasteiger partial charge in [-0.25, -0.2) is 0 Å². The molecule has 1 saturated heterocycles. The van der Waals surface area contributed by atoms with Gasteiger partial charge in [0.15, 0.2) is 0 Å². The topological polar surface area (TPSA) is 29.5 Å². The Morgan fingerprint density at radius 1 is 1.29 bits per heavy atom. The molecule has 0 bridgehead atoms. The highest BCUT2D eigenvalue weighted by atomic mass is 16.6. The van der Waals surface area contributed by atoms with Crippen LogP contribution >= 0.6 is 0 Å². The van der Waals surface area contributed by atoms with E-state index in [1.807, 2.05) is 12.1 Å². The zero-order chi connectivity index (χ0) is 9.54. The minimum atomic E-state index is -0.0699. The second-order valence-electron chi connectivity index (χ2n) is 3.83. The molecule has 2 aliphatic rings. The van der Waals surface area contributed by atoms with E-state index in [1.54, 1.807) is 0 Å². The molecule has 1 aromatic rings. The lowest BCUT2D eigenvalue weighted by Crippen LogP contribution is -2.38. The summed E-state index contributed by atoms with van der Waals surface area (Å²) in [4.78, 5) is 13.4. The number of benzene rings is 1. The smallest absolute Gasteiger partial charge is 0.325 e. The summed E-state index contributed by atoms with van der Waals surface area (Å²) in [5.41, 5.74) is 2.61. The van der Waals surface area contributed by atoms with E-state index in [4.69, 9.17) is 4.74 Å². The molecule has 0 aliphatic carbocycles. The number of nitrogens with zero attached hydrogens (tertiary/aromatic N) is 1. The molecule has 1 fully saturated rings. The molecule has 0 N–H and O–H groups in total. The molecule has 1 aromatic carbocycles. The Balaban J connectivity index is 1.99. The van der Waals surface area contributed by atoms with Crippen molar-refractivity contribution in [3.8, 4) is 0 Å². The fraction of sp³-hybridized carbons (Fsp3) is 0.364. The maximum atomic E-state index is 11.4. The van der Waals surface area contributed by atoms with Crippen LogP contribution in [0, 0.1) is 0 Å². The Labute approximate surface area is 82.3 Å². The van der Waals surface area contributed by atoms with Gasteiger partial charge in [0.25, 0.3) is 0 Å². The molecular weight excluding hydrogens is 178 g/mol. The lowest BCUT2D eigenvalue weighted by Gasteiger charge is -2.27. The highest BCUT2D eigenvalue weighted by Gasteiger charge is 2.37. The van der Waals surface area contributed by atoms with Gasteiger partial charge in [-0.05, 0) is 17.5 Å². The molecule has 0 aromatic heterocycles. The minimum absolute atomic E-state index is 0.0371. The summed E-state index contributed by atoms with van der Waals surface area (Å²) in [6.07, 6.45) is 0.801. The van der Waals surface area contributed by atoms with Gasteiger partial charge in [0, 0.05) is 6.54 Å². The van der Waals surface area contributed by atoms with Crippen LogP contribution in [0.5, 0.6) is 0 Å². The number of carbonyl (C=O) groups is 1. The predicted octanol–water partition coefficient (Wildman–Crippen LogP) is 0.928. The SMILES string of the molecule is O=C1OCN2Cc3ccccc3CC12. The van der Waals surface area contributed by atoms with E-state index in [1.165, 1.54) is 11.1 Å². The van der Waals surface area contributed by atoms with Crippen molar-refractivity contribution in [1.29, 1.82) is 0 Å². The van der Waals surface area contributed by atoms with Crippen LogP contribution in [0.3, 0.4) is 0 Å². The van der Waals surface area contributed by atoms with Crippen molar-refractivity contribution in [1.82, 2.24) is 4.90 Å². The zero-order valence-electron chi connectivity index (χ0n) is 7.77. The fourth-order valence-corrected chi connectivity index (χ4v) is 2.19. The normalized spacial score (nSPS) is 25.4. The van der Waals surface area contributed by atoms with Gasteiger partial charge in [-0.3, -0.25) is 9.69 Å². The molecule has 1 unspecified atom stereocenters. The van der Waals surface area contributed by atoms with Crippen molar-refractivity contribution in [2.45, 2.75) is 19.0 Å². The second kappa shape index (κ2) is 2.82. The third-order valence-electron chi connectivity index (χ3n) is 2.99. The number of ether oxygens (including phenoxy) is 1. The maximum Gasteiger partial charge on any atom is 0.325 e. The van der Waals surface area contributed by atoms with Crippen LogP contribution in [-0.2, 0) is 22.5 Å². The van der Waals surface area contributed by atoms with Crippen LogP contribution in [0.2, 0.25) is 0 Å². The Bertz CT molecular complexity index is 389. The van der Waals surface area contributed by atoms with E-state index >= 15 is 0 Å². The highest BCUT2D eigenvalue weighted by molar-refractivity contribution is 5.78. The quantitative estimate of drug-likeness (QED) is 0.568. The largest absolute Gasteiger partial charge is 0.448 e. The Kier molecular flexibility index (Phi) is 1.61. The molecule has 3 rings (SSSR count). The number of rotatable bonds is 0. The third kappa shape index (κ3) is 1.06. The van der Waals surface area contributed by atoms with Crippen LogP contribution in [0.1, 0.15) is 11.1 Å². The van der Waals surface area contributed by atoms with Gasteiger partial charge in [-0.2, -0.15) is 0 Å². The van der Waals surface area contributed by atoms with Crippen molar-refractivity contribution in [3.63, 3.8) is 0 Å². The number of hydrogen-bond donors (Lipinski definition) is 0. The van der Waals surface area contributed by atoms with E-state index in [2.05, 4.69) is 17.0 Å². The molecule has 3 heteroatoms. The van der Waals surface area contributed by atoms with Crippen molar-refractivity contribution < 1.29 is 9.53 Å². The summed E-state index contributed by atoms with van der Waals surface area (Å²) >= 11 is 0. The van der Waals surface area contributed by atoms with Crippen LogP contribution in [0.25, 0.3) is 0 Å². The van der Waals surface area contributed by atoms with Gasteiger partial charge in [-0.1, -0.05) is 24.3 Å². The summed E-state index contributed by atoms with van der Waals surface area (Å²) in [6.45, 7) is 1.30. The molecule has 0 radical (unpaired) electrons. The van der Waals surface area contributed by atoms with Crippen LogP contribution in [0.15, 0.2) is 24.3 Å². The molecule has 0 amide bonds. The fourth-order valence-electron chi connectivity index (χ4n) is 2.19. The first-order chi connectivity index (χ1) is 6.84. The molecule has 0 saturated carbocycles. The summed E-state index contributed by atoms with van der Waals surface area (Å²) in [7, 11) is 0. The Morgan fingerprint density at radius 3 is 2.93 bits per heavy atom. The van der Waals surface area contributed by atoms with Crippen molar-refractivity contribution in [2.75, 3.05) is 6.73 Å². The van der Waals surface area contributed by atoms with E-state index in [-0.39, 0.29) is 12.0 Å². The monoisotopic (exact) mass is 189 g/mol. The van der Waals surface area contributed by atoms with Gasteiger partial charge in [0.1, 0.15) is 12.8 Å². The van der Waals surface area contributed by atoms with Crippen molar-refractivity contribution in [2.24, 2.45) is 0 Å². The predicted molar refractivity (Wildman–Crippen MR) is 50.4 cm³/mol. The number of fused-ring (bicyclic) bond motifs is 2. The van der Waals surface area contributed by atoms with Crippen LogP contribution in [-0.4, -0.2) is 23.6 Å². The average Bonchev–Trinajstić information content (AvgIpc) is 2.57. The Hall–Kier alpha value is -1.35. The highest BCUT2D eigenvalue weighted by Crippen LogP contribution is 2.26. The summed E-state index contributed by atoms with van der Waals surface area (Å²) in [5, 5.41) is 0. The first-order valence-electron chi connectivity index (χ1n) is 4.82. The number of carbonyl (C=O) groups excluding carboxylic acids is 1. The standard InChI is InChI=1S/C11H11NO2/c13-11-10-5-8-3-1-2-4-9(8)6-12(10)7-14-11/h1-4,10H,5-7H2. The van der Waals surface area contributed by atoms with E-state index in [0.717, 1.165) is 13.0 Å². The molecule has 2 aliphatic heterocycles. The first-order valence-corrected chi connectivity index (χ1v) is 4.82. The zero-order valence-corrected chi connectivity index (χ0v) is 7.77. The molecule has 14 heavy (non-hydrogen) atoms. The van der Waals surface area contributed by atoms with Gasteiger partial charge in [0.05, 0.1) is 0 Å². The van der Waals surface area contributed by atoms with Gasteiger partial charge in [0.2, 0.25) is 0 Å². The van der Waals surface area contributed by atoms with Crippen LogP contribution in [0.4, 0.5) is 0 Å². The average molecular weight is 189 g/mol. The lowest BCUT2D eigenvalue weighted by molar-refractivity contribution is -0.139. The summed E-state index contributed by atoms with van der Waals surface area (Å²) in [6, 6.07) is 8.24. The van der Waals surface area contributed by atoms with Gasteiger partial charge < -0.3 is 4.74 Å². The lowest BCUT2D eigenvalue weighted by atomic mass is 9.95. The van der Waals surface area contributed by atoms with E-state index < -0.39 is 0 Å². The van der Waals surface area contributed by atoms with Gasteiger partial charge >= 0.3 is 5.97 Å².